The van der Waals surface area contributed by atoms with Crippen molar-refractivity contribution in [3.63, 3.8) is 0 Å². The molecule has 0 radical (unpaired) electrons. The van der Waals surface area contributed by atoms with E-state index in [1.54, 1.807) is 12.3 Å². The van der Waals surface area contributed by atoms with Gasteiger partial charge in [-0.25, -0.2) is 4.98 Å². The standard InChI is InChI=1S/C15H23N3O2S/c1-14(2,3)10-7-8-11(16-9-10)17-12(19)21-13(20)18-15(4,5)6/h7-9H,1-6H3,(H,18,20)(H,16,17,19). The number of amides is 2. The van der Waals surface area contributed by atoms with Crippen molar-refractivity contribution >= 4 is 28.1 Å². The molecule has 0 unspecified atom stereocenters. The Morgan fingerprint density at radius 1 is 1.05 bits per heavy atom. The summed E-state index contributed by atoms with van der Waals surface area (Å²) in [5, 5.41) is 4.46. The average molecular weight is 309 g/mol. The van der Waals surface area contributed by atoms with Crippen molar-refractivity contribution in [1.29, 1.82) is 0 Å². The molecule has 0 saturated carbocycles. The maximum absolute atomic E-state index is 11.7. The van der Waals surface area contributed by atoms with Crippen LogP contribution in [0.25, 0.3) is 0 Å². The van der Waals surface area contributed by atoms with Gasteiger partial charge in [0.25, 0.3) is 10.5 Å². The third-order valence-electron chi connectivity index (χ3n) is 2.52. The smallest absolute Gasteiger partial charge is 0.294 e. The van der Waals surface area contributed by atoms with E-state index in [4.69, 9.17) is 0 Å². The van der Waals surface area contributed by atoms with Gasteiger partial charge in [0.2, 0.25) is 0 Å². The Morgan fingerprint density at radius 2 is 1.67 bits per heavy atom. The van der Waals surface area contributed by atoms with Gasteiger partial charge in [0.05, 0.1) is 0 Å². The number of carbonyl (C=O) groups excluding carboxylic acids is 2. The molecule has 0 fully saturated rings. The van der Waals surface area contributed by atoms with E-state index in [0.717, 1.165) is 5.56 Å². The molecule has 1 heterocycles. The van der Waals surface area contributed by atoms with Gasteiger partial charge in [0.15, 0.2) is 0 Å². The molecule has 6 heteroatoms. The summed E-state index contributed by atoms with van der Waals surface area (Å²) >= 11 is 0.591. The number of anilines is 1. The van der Waals surface area contributed by atoms with Crippen molar-refractivity contribution in [1.82, 2.24) is 10.3 Å². The van der Waals surface area contributed by atoms with Crippen LogP contribution in [-0.2, 0) is 5.41 Å². The van der Waals surface area contributed by atoms with Gasteiger partial charge in [-0.1, -0.05) is 26.8 Å². The Balaban J connectivity index is 2.58. The molecule has 0 saturated heterocycles. The predicted octanol–water partition coefficient (Wildman–Crippen LogP) is 4.15. The van der Waals surface area contributed by atoms with Crippen LogP contribution in [0.1, 0.15) is 47.1 Å². The van der Waals surface area contributed by atoms with E-state index in [1.807, 2.05) is 26.8 Å². The van der Waals surface area contributed by atoms with Crippen molar-refractivity contribution in [2.24, 2.45) is 0 Å². The summed E-state index contributed by atoms with van der Waals surface area (Å²) in [6.45, 7) is 11.8. The Bertz CT molecular complexity index is 513. The highest BCUT2D eigenvalue weighted by Gasteiger charge is 2.18. The monoisotopic (exact) mass is 309 g/mol. The molecule has 21 heavy (non-hydrogen) atoms. The van der Waals surface area contributed by atoms with Crippen LogP contribution in [0, 0.1) is 0 Å². The fraction of sp³-hybridized carbons (Fsp3) is 0.533. The Kier molecular flexibility index (Phi) is 5.39. The van der Waals surface area contributed by atoms with Crippen LogP contribution in [-0.4, -0.2) is 21.0 Å². The molecule has 0 aliphatic rings. The number of pyridine rings is 1. The second kappa shape index (κ2) is 6.47. The molecule has 0 atom stereocenters. The summed E-state index contributed by atoms with van der Waals surface area (Å²) < 4.78 is 0. The Hall–Kier alpha value is -1.56. The third-order valence-corrected chi connectivity index (χ3v) is 3.10. The molecule has 1 aromatic heterocycles. The van der Waals surface area contributed by atoms with Crippen LogP contribution in [0.3, 0.4) is 0 Å². The van der Waals surface area contributed by atoms with Gasteiger partial charge >= 0.3 is 0 Å². The fourth-order valence-electron chi connectivity index (χ4n) is 1.46. The quantitative estimate of drug-likeness (QED) is 0.817. The summed E-state index contributed by atoms with van der Waals surface area (Å²) in [5.74, 6) is 0.434. The van der Waals surface area contributed by atoms with Crippen LogP contribution < -0.4 is 10.6 Å². The van der Waals surface area contributed by atoms with E-state index in [2.05, 4.69) is 36.4 Å². The number of aromatic nitrogens is 1. The second-order valence-electron chi connectivity index (χ2n) is 6.86. The van der Waals surface area contributed by atoms with Gasteiger partial charge in [0, 0.05) is 23.5 Å². The van der Waals surface area contributed by atoms with Crippen LogP contribution >= 0.6 is 11.8 Å². The number of hydrogen-bond acceptors (Lipinski definition) is 4. The summed E-state index contributed by atoms with van der Waals surface area (Å²) in [7, 11) is 0. The highest BCUT2D eigenvalue weighted by Crippen LogP contribution is 2.22. The topological polar surface area (TPSA) is 71.1 Å². The van der Waals surface area contributed by atoms with E-state index in [9.17, 15) is 9.59 Å². The van der Waals surface area contributed by atoms with Crippen molar-refractivity contribution in [2.75, 3.05) is 5.32 Å². The van der Waals surface area contributed by atoms with Gasteiger partial charge in [-0.05, 0) is 37.8 Å². The second-order valence-corrected chi connectivity index (χ2v) is 7.80. The summed E-state index contributed by atoms with van der Waals surface area (Å²) in [5.41, 5.74) is 0.729. The maximum Gasteiger partial charge on any atom is 0.294 e. The number of carbonyl (C=O) groups is 2. The average Bonchev–Trinajstić information content (AvgIpc) is 2.25. The largest absolute Gasteiger partial charge is 0.342 e. The lowest BCUT2D eigenvalue weighted by molar-refractivity contribution is 0.252. The lowest BCUT2D eigenvalue weighted by Crippen LogP contribution is -2.39. The molecule has 1 rings (SSSR count). The van der Waals surface area contributed by atoms with E-state index >= 15 is 0 Å². The van der Waals surface area contributed by atoms with E-state index in [1.165, 1.54) is 0 Å². The Morgan fingerprint density at radius 3 is 2.10 bits per heavy atom. The van der Waals surface area contributed by atoms with Gasteiger partial charge in [0.1, 0.15) is 5.82 Å². The predicted molar refractivity (Wildman–Crippen MR) is 87.8 cm³/mol. The number of nitrogens with one attached hydrogen (secondary N) is 2. The van der Waals surface area contributed by atoms with Crippen molar-refractivity contribution in [3.8, 4) is 0 Å². The normalized spacial score (nSPS) is 11.9. The molecule has 0 spiro atoms. The first-order valence-corrected chi connectivity index (χ1v) is 7.56. The SMILES string of the molecule is CC(C)(C)NC(=O)SC(=O)Nc1ccc(C(C)(C)C)cn1. The van der Waals surface area contributed by atoms with Crippen LogP contribution in [0.5, 0.6) is 0 Å². The van der Waals surface area contributed by atoms with Gasteiger partial charge in [-0.2, -0.15) is 0 Å². The number of thioether (sulfide) groups is 1. The highest BCUT2D eigenvalue weighted by atomic mass is 32.2. The molecule has 5 nitrogen and oxygen atoms in total. The van der Waals surface area contributed by atoms with Crippen molar-refractivity contribution in [2.45, 2.75) is 52.5 Å². The van der Waals surface area contributed by atoms with Crippen LogP contribution in [0.2, 0.25) is 0 Å². The minimum Gasteiger partial charge on any atom is -0.342 e. The first-order chi connectivity index (χ1) is 9.47. The zero-order valence-electron chi connectivity index (χ0n) is 13.4. The van der Waals surface area contributed by atoms with E-state index in [-0.39, 0.29) is 16.2 Å². The van der Waals surface area contributed by atoms with Crippen LogP contribution in [0.15, 0.2) is 18.3 Å². The zero-order chi connectivity index (χ0) is 16.3. The van der Waals surface area contributed by atoms with Crippen LogP contribution in [0.4, 0.5) is 15.4 Å². The zero-order valence-corrected chi connectivity index (χ0v) is 14.2. The highest BCUT2D eigenvalue weighted by molar-refractivity contribution is 8.26. The van der Waals surface area contributed by atoms with E-state index in [0.29, 0.717) is 17.6 Å². The lowest BCUT2D eigenvalue weighted by atomic mass is 9.88. The molecule has 1 aromatic rings. The maximum atomic E-state index is 11.7. The molecule has 0 aromatic carbocycles. The molecule has 116 valence electrons. The van der Waals surface area contributed by atoms with E-state index < -0.39 is 5.24 Å². The lowest BCUT2D eigenvalue weighted by Gasteiger charge is -2.19. The number of rotatable bonds is 1. The minimum absolute atomic E-state index is 0.0108. The van der Waals surface area contributed by atoms with Gasteiger partial charge in [-0.3, -0.25) is 9.59 Å². The van der Waals surface area contributed by atoms with Gasteiger partial charge in [-0.15, -0.1) is 0 Å². The third kappa shape index (κ3) is 6.62. The molecular weight excluding hydrogens is 286 g/mol. The minimum atomic E-state index is -0.451. The number of hydrogen-bond donors (Lipinski definition) is 2. The fourth-order valence-corrected chi connectivity index (χ4v) is 2.14. The molecule has 0 aliphatic carbocycles. The molecular formula is C15H23N3O2S. The molecule has 0 aliphatic heterocycles. The summed E-state index contributed by atoms with van der Waals surface area (Å²) in [6, 6.07) is 3.66. The Labute approximate surface area is 130 Å². The first kappa shape index (κ1) is 17.5. The van der Waals surface area contributed by atoms with Crippen molar-refractivity contribution < 1.29 is 9.59 Å². The van der Waals surface area contributed by atoms with Crippen molar-refractivity contribution in [3.05, 3.63) is 23.9 Å². The number of nitrogens with zero attached hydrogens (tertiary/aromatic N) is 1. The van der Waals surface area contributed by atoms with Gasteiger partial charge < -0.3 is 10.6 Å². The first-order valence-electron chi connectivity index (χ1n) is 6.75. The molecule has 0 bridgehead atoms. The summed E-state index contributed by atoms with van der Waals surface area (Å²) in [4.78, 5) is 27.5. The molecule has 2 amide bonds. The molecule has 2 N–H and O–H groups in total. The summed E-state index contributed by atoms with van der Waals surface area (Å²) in [6.07, 6.45) is 1.73.